The van der Waals surface area contributed by atoms with Crippen LogP contribution in [0.5, 0.6) is 5.75 Å². The van der Waals surface area contributed by atoms with Crippen molar-refractivity contribution in [2.24, 2.45) is 0 Å². The van der Waals surface area contributed by atoms with Gasteiger partial charge in [0.2, 0.25) is 0 Å². The molecule has 0 atom stereocenters. The lowest BCUT2D eigenvalue weighted by Gasteiger charge is -2.25. The Hall–Kier alpha value is -1.84. The van der Waals surface area contributed by atoms with Gasteiger partial charge in [-0.05, 0) is 24.1 Å². The zero-order valence-corrected chi connectivity index (χ0v) is 10.5. The predicted molar refractivity (Wildman–Crippen MR) is 67.7 cm³/mol. The lowest BCUT2D eigenvalue weighted by Crippen LogP contribution is -2.40. The Labute approximate surface area is 107 Å². The fourth-order valence-electron chi connectivity index (χ4n) is 1.93. The van der Waals surface area contributed by atoms with E-state index in [0.717, 1.165) is 12.0 Å². The van der Waals surface area contributed by atoms with Crippen LogP contribution in [0, 0.1) is 0 Å². The van der Waals surface area contributed by atoms with Gasteiger partial charge in [-0.15, -0.1) is 0 Å². The largest absolute Gasteiger partial charge is 0.415 e. The van der Waals surface area contributed by atoms with E-state index < -0.39 is 0 Å². The second-order valence-corrected chi connectivity index (χ2v) is 4.39. The van der Waals surface area contributed by atoms with Gasteiger partial charge in [-0.2, -0.15) is 0 Å². The van der Waals surface area contributed by atoms with E-state index in [0.29, 0.717) is 31.7 Å². The van der Waals surface area contributed by atoms with Crippen molar-refractivity contribution in [3.8, 4) is 5.75 Å². The summed E-state index contributed by atoms with van der Waals surface area (Å²) in [5.41, 5.74) is 1.13. The summed E-state index contributed by atoms with van der Waals surface area (Å²) in [6.07, 6.45) is 1.41. The van der Waals surface area contributed by atoms with Gasteiger partial charge in [0, 0.05) is 25.9 Å². The minimum absolute atomic E-state index is 0.215. The van der Waals surface area contributed by atoms with E-state index in [9.17, 15) is 9.59 Å². The molecule has 0 spiro atoms. The van der Waals surface area contributed by atoms with Crippen molar-refractivity contribution < 1.29 is 14.3 Å². The van der Waals surface area contributed by atoms with Crippen LogP contribution in [0.2, 0.25) is 0 Å². The number of Topliss-reactive ketones (excluding diaryl/α,β-unsaturated/α-hetero) is 1. The van der Waals surface area contributed by atoms with E-state index in [1.807, 2.05) is 18.2 Å². The van der Waals surface area contributed by atoms with Crippen molar-refractivity contribution in [3.05, 3.63) is 29.8 Å². The first-order valence-corrected chi connectivity index (χ1v) is 6.26. The predicted octanol–water partition coefficient (Wildman–Crippen LogP) is 2.41. The van der Waals surface area contributed by atoms with Gasteiger partial charge in [0.25, 0.3) is 0 Å². The van der Waals surface area contributed by atoms with E-state index in [1.54, 1.807) is 11.0 Å². The topological polar surface area (TPSA) is 46.6 Å². The molecule has 4 nitrogen and oxygen atoms in total. The maximum atomic E-state index is 11.9. The van der Waals surface area contributed by atoms with Gasteiger partial charge in [0.05, 0.1) is 0 Å². The molecule has 0 N–H and O–H groups in total. The SMILES string of the molecule is CCc1cccc(OC(=O)N2CCC(=O)CC2)c1. The Balaban J connectivity index is 1.96. The van der Waals surface area contributed by atoms with Crippen molar-refractivity contribution in [2.75, 3.05) is 13.1 Å². The lowest BCUT2D eigenvalue weighted by atomic mass is 10.1. The summed E-state index contributed by atoms with van der Waals surface area (Å²) < 4.78 is 5.31. The number of aryl methyl sites for hydroxylation is 1. The summed E-state index contributed by atoms with van der Waals surface area (Å²) in [6.45, 7) is 2.98. The van der Waals surface area contributed by atoms with Crippen LogP contribution < -0.4 is 4.74 Å². The molecule has 1 saturated heterocycles. The molecule has 1 fully saturated rings. The molecule has 0 aromatic heterocycles. The molecule has 1 aromatic carbocycles. The highest BCUT2D eigenvalue weighted by Crippen LogP contribution is 2.16. The van der Waals surface area contributed by atoms with Gasteiger partial charge in [-0.3, -0.25) is 4.79 Å². The van der Waals surface area contributed by atoms with Gasteiger partial charge in [-0.1, -0.05) is 19.1 Å². The highest BCUT2D eigenvalue weighted by molar-refractivity contribution is 5.81. The third kappa shape index (κ3) is 3.09. The number of benzene rings is 1. The Morgan fingerprint density at radius 1 is 1.33 bits per heavy atom. The molecule has 18 heavy (non-hydrogen) atoms. The maximum Gasteiger partial charge on any atom is 0.415 e. The first-order chi connectivity index (χ1) is 8.69. The second-order valence-electron chi connectivity index (χ2n) is 4.39. The summed E-state index contributed by atoms with van der Waals surface area (Å²) in [7, 11) is 0. The molecule has 0 saturated carbocycles. The Morgan fingerprint density at radius 3 is 2.72 bits per heavy atom. The second kappa shape index (κ2) is 5.67. The molecule has 0 bridgehead atoms. The number of ether oxygens (including phenoxy) is 1. The Kier molecular flexibility index (Phi) is 3.97. The molecule has 96 valence electrons. The van der Waals surface area contributed by atoms with Crippen LogP contribution in [0.25, 0.3) is 0 Å². The van der Waals surface area contributed by atoms with E-state index in [-0.39, 0.29) is 11.9 Å². The molecule has 1 amide bonds. The number of amides is 1. The molecular weight excluding hydrogens is 230 g/mol. The zero-order chi connectivity index (χ0) is 13.0. The quantitative estimate of drug-likeness (QED) is 0.806. The average molecular weight is 247 g/mol. The van der Waals surface area contributed by atoms with Crippen molar-refractivity contribution in [1.82, 2.24) is 4.90 Å². The van der Waals surface area contributed by atoms with E-state index in [4.69, 9.17) is 4.74 Å². The molecule has 4 heteroatoms. The van der Waals surface area contributed by atoms with Gasteiger partial charge >= 0.3 is 6.09 Å². The lowest BCUT2D eigenvalue weighted by molar-refractivity contribution is -0.121. The smallest absolute Gasteiger partial charge is 0.410 e. The van der Waals surface area contributed by atoms with Crippen LogP contribution in [0.3, 0.4) is 0 Å². The number of rotatable bonds is 2. The number of carbonyl (C=O) groups is 2. The monoisotopic (exact) mass is 247 g/mol. The van der Waals surface area contributed by atoms with Crippen LogP contribution in [-0.2, 0) is 11.2 Å². The number of likely N-dealkylation sites (tertiary alicyclic amines) is 1. The molecular formula is C14H17NO3. The minimum Gasteiger partial charge on any atom is -0.410 e. The zero-order valence-electron chi connectivity index (χ0n) is 10.5. The number of hydrogen-bond acceptors (Lipinski definition) is 3. The van der Waals surface area contributed by atoms with Crippen LogP contribution in [0.1, 0.15) is 25.3 Å². The number of piperidine rings is 1. The summed E-state index contributed by atoms with van der Waals surface area (Å²) in [4.78, 5) is 24.5. The summed E-state index contributed by atoms with van der Waals surface area (Å²) in [5, 5.41) is 0. The molecule has 0 aliphatic carbocycles. The number of hydrogen-bond donors (Lipinski definition) is 0. The average Bonchev–Trinajstić information content (AvgIpc) is 2.39. The third-order valence-electron chi connectivity index (χ3n) is 3.09. The highest BCUT2D eigenvalue weighted by atomic mass is 16.6. The van der Waals surface area contributed by atoms with Crippen molar-refractivity contribution in [1.29, 1.82) is 0 Å². The first-order valence-electron chi connectivity index (χ1n) is 6.26. The van der Waals surface area contributed by atoms with Crippen LogP contribution in [0.4, 0.5) is 4.79 Å². The van der Waals surface area contributed by atoms with Crippen molar-refractivity contribution in [2.45, 2.75) is 26.2 Å². The minimum atomic E-state index is -0.365. The van der Waals surface area contributed by atoms with Gasteiger partial charge in [0.1, 0.15) is 11.5 Å². The summed E-state index contributed by atoms with van der Waals surface area (Å²) in [5.74, 6) is 0.781. The maximum absolute atomic E-state index is 11.9. The molecule has 1 aromatic rings. The normalized spacial score (nSPS) is 15.6. The number of ketones is 1. The highest BCUT2D eigenvalue weighted by Gasteiger charge is 2.22. The van der Waals surface area contributed by atoms with E-state index in [2.05, 4.69) is 6.92 Å². The Bertz CT molecular complexity index is 446. The molecule has 0 unspecified atom stereocenters. The van der Waals surface area contributed by atoms with Gasteiger partial charge in [0.15, 0.2) is 0 Å². The molecule has 2 rings (SSSR count). The molecule has 0 radical (unpaired) electrons. The summed E-state index contributed by atoms with van der Waals surface area (Å²) in [6, 6.07) is 7.51. The van der Waals surface area contributed by atoms with Gasteiger partial charge in [-0.25, -0.2) is 4.79 Å². The van der Waals surface area contributed by atoms with Crippen LogP contribution >= 0.6 is 0 Å². The molecule has 1 aliphatic rings. The molecule has 1 heterocycles. The fraction of sp³-hybridized carbons (Fsp3) is 0.429. The van der Waals surface area contributed by atoms with E-state index >= 15 is 0 Å². The number of nitrogens with zero attached hydrogens (tertiary/aromatic N) is 1. The first kappa shape index (κ1) is 12.6. The van der Waals surface area contributed by atoms with Crippen LogP contribution in [-0.4, -0.2) is 29.9 Å². The van der Waals surface area contributed by atoms with E-state index in [1.165, 1.54) is 0 Å². The van der Waals surface area contributed by atoms with Gasteiger partial charge < -0.3 is 9.64 Å². The fourth-order valence-corrected chi connectivity index (χ4v) is 1.93. The number of carbonyl (C=O) groups excluding carboxylic acids is 2. The molecule has 1 aliphatic heterocycles. The standard InChI is InChI=1S/C14H17NO3/c1-2-11-4-3-5-13(10-11)18-14(17)15-8-6-12(16)7-9-15/h3-5,10H,2,6-9H2,1H3. The summed E-state index contributed by atoms with van der Waals surface area (Å²) >= 11 is 0. The van der Waals surface area contributed by atoms with Crippen molar-refractivity contribution in [3.63, 3.8) is 0 Å². The third-order valence-corrected chi connectivity index (χ3v) is 3.09. The van der Waals surface area contributed by atoms with Crippen molar-refractivity contribution >= 4 is 11.9 Å². The van der Waals surface area contributed by atoms with Crippen LogP contribution in [0.15, 0.2) is 24.3 Å². The Morgan fingerprint density at radius 2 is 2.06 bits per heavy atom.